The van der Waals surface area contributed by atoms with Crippen LogP contribution in [0.25, 0.3) is 16.9 Å². The van der Waals surface area contributed by atoms with Crippen LogP contribution in [0.2, 0.25) is 0 Å². The van der Waals surface area contributed by atoms with E-state index in [9.17, 15) is 9.59 Å². The molecule has 43 heavy (non-hydrogen) atoms. The summed E-state index contributed by atoms with van der Waals surface area (Å²) in [6.45, 7) is 0.0220. The Morgan fingerprint density at radius 2 is 1.74 bits per heavy atom. The molecule has 10 heteroatoms. The summed E-state index contributed by atoms with van der Waals surface area (Å²) in [4.78, 5) is 28.8. The molecular formula is C33H30N4O5S. The highest BCUT2D eigenvalue weighted by atomic mass is 32.2. The van der Waals surface area contributed by atoms with Crippen molar-refractivity contribution in [2.75, 3.05) is 31.4 Å². The van der Waals surface area contributed by atoms with Crippen molar-refractivity contribution in [2.45, 2.75) is 11.8 Å². The van der Waals surface area contributed by atoms with Crippen LogP contribution in [-0.2, 0) is 16.1 Å². The molecule has 3 aromatic carbocycles. The number of hydrogen-bond donors (Lipinski definition) is 1. The first-order valence-electron chi connectivity index (χ1n) is 13.7. The fraction of sp³-hybridized carbons (Fsp3) is 0.182. The van der Waals surface area contributed by atoms with Gasteiger partial charge in [-0.2, -0.15) is 5.10 Å². The van der Waals surface area contributed by atoms with Crippen molar-refractivity contribution in [1.29, 1.82) is 0 Å². The normalized spacial score (nSPS) is 14.6. The molecule has 2 aromatic heterocycles. The average Bonchev–Trinajstić information content (AvgIpc) is 3.69. The number of benzene rings is 3. The molecule has 0 bridgehead atoms. The van der Waals surface area contributed by atoms with Crippen molar-refractivity contribution in [3.63, 3.8) is 0 Å². The minimum absolute atomic E-state index is 0.152. The molecule has 1 atom stereocenters. The van der Waals surface area contributed by atoms with Gasteiger partial charge in [0.2, 0.25) is 11.8 Å². The molecule has 0 saturated heterocycles. The smallest absolute Gasteiger partial charge is 0.240 e. The van der Waals surface area contributed by atoms with Crippen molar-refractivity contribution in [1.82, 2.24) is 15.1 Å². The van der Waals surface area contributed by atoms with Crippen molar-refractivity contribution in [3.8, 4) is 28.4 Å². The zero-order valence-corrected chi connectivity index (χ0v) is 24.5. The highest BCUT2D eigenvalue weighted by molar-refractivity contribution is 8.00. The lowest BCUT2D eigenvalue weighted by Gasteiger charge is -2.23. The van der Waals surface area contributed by atoms with E-state index in [1.807, 2.05) is 78.9 Å². The Hall–Kier alpha value is -4.96. The van der Waals surface area contributed by atoms with E-state index in [0.717, 1.165) is 22.4 Å². The fourth-order valence-corrected chi connectivity index (χ4v) is 6.38. The lowest BCUT2D eigenvalue weighted by atomic mass is 9.99. The quantitative estimate of drug-likeness (QED) is 0.236. The summed E-state index contributed by atoms with van der Waals surface area (Å²) < 4.78 is 18.3. The third-order valence-corrected chi connectivity index (χ3v) is 8.45. The van der Waals surface area contributed by atoms with Crippen LogP contribution in [-0.4, -0.2) is 48.1 Å². The molecule has 218 valence electrons. The Kier molecular flexibility index (Phi) is 8.19. The van der Waals surface area contributed by atoms with Crippen molar-refractivity contribution >= 4 is 29.4 Å². The highest BCUT2D eigenvalue weighted by Gasteiger charge is 2.38. The van der Waals surface area contributed by atoms with Gasteiger partial charge in [-0.15, -0.1) is 11.8 Å². The molecule has 2 amide bonds. The van der Waals surface area contributed by atoms with Gasteiger partial charge in [-0.3, -0.25) is 14.5 Å². The minimum Gasteiger partial charge on any atom is -0.497 e. The van der Waals surface area contributed by atoms with E-state index in [2.05, 4.69) is 5.32 Å². The third kappa shape index (κ3) is 5.74. The predicted octanol–water partition coefficient (Wildman–Crippen LogP) is 5.64. The van der Waals surface area contributed by atoms with Gasteiger partial charge < -0.3 is 19.2 Å². The topological polar surface area (TPSA) is 98.8 Å². The van der Waals surface area contributed by atoms with Crippen LogP contribution >= 0.6 is 11.8 Å². The number of furan rings is 1. The van der Waals surface area contributed by atoms with Gasteiger partial charge in [0.05, 0.1) is 49.4 Å². The SMILES string of the molecule is COc1ccc(-n2nc(-c3ccccc3)c3c2N(CC(=O)NCc2ccco2)C(=O)CS[C@H]3c2ccccc2OC)cc1. The van der Waals surface area contributed by atoms with E-state index >= 15 is 0 Å². The number of anilines is 1. The van der Waals surface area contributed by atoms with Gasteiger partial charge in [-0.25, -0.2) is 4.68 Å². The molecule has 9 nitrogen and oxygen atoms in total. The predicted molar refractivity (Wildman–Crippen MR) is 166 cm³/mol. The highest BCUT2D eigenvalue weighted by Crippen LogP contribution is 2.50. The number of nitrogens with zero attached hydrogens (tertiary/aromatic N) is 3. The lowest BCUT2D eigenvalue weighted by Crippen LogP contribution is -2.42. The number of carbonyl (C=O) groups is 2. The lowest BCUT2D eigenvalue weighted by molar-refractivity contribution is -0.123. The molecule has 1 aliphatic heterocycles. The number of methoxy groups -OCH3 is 2. The van der Waals surface area contributed by atoms with Crippen LogP contribution in [0.4, 0.5) is 5.82 Å². The second-order valence-electron chi connectivity index (χ2n) is 9.83. The van der Waals surface area contributed by atoms with Gasteiger partial charge in [-0.05, 0) is 42.5 Å². The third-order valence-electron chi connectivity index (χ3n) is 7.22. The van der Waals surface area contributed by atoms with Gasteiger partial charge in [0.15, 0.2) is 0 Å². The molecule has 3 heterocycles. The van der Waals surface area contributed by atoms with Crippen molar-refractivity contribution in [3.05, 3.63) is 114 Å². The molecule has 0 aliphatic carbocycles. The number of para-hydroxylation sites is 1. The molecular weight excluding hydrogens is 564 g/mol. The summed E-state index contributed by atoms with van der Waals surface area (Å²) in [7, 11) is 3.25. The zero-order chi connectivity index (χ0) is 29.8. The maximum atomic E-state index is 13.9. The summed E-state index contributed by atoms with van der Waals surface area (Å²) in [6.07, 6.45) is 1.56. The van der Waals surface area contributed by atoms with Crippen molar-refractivity contribution < 1.29 is 23.5 Å². The number of carbonyl (C=O) groups excluding carboxylic acids is 2. The number of amides is 2. The largest absolute Gasteiger partial charge is 0.497 e. The first kappa shape index (κ1) is 28.2. The maximum absolute atomic E-state index is 13.9. The summed E-state index contributed by atoms with van der Waals surface area (Å²) in [5.74, 6) is 2.18. The van der Waals surface area contributed by atoms with Gasteiger partial charge >= 0.3 is 0 Å². The van der Waals surface area contributed by atoms with E-state index in [-0.39, 0.29) is 35.9 Å². The van der Waals surface area contributed by atoms with E-state index in [1.54, 1.807) is 42.2 Å². The summed E-state index contributed by atoms with van der Waals surface area (Å²) in [5.41, 5.74) is 4.06. The Morgan fingerprint density at radius 3 is 2.47 bits per heavy atom. The van der Waals surface area contributed by atoms with Crippen LogP contribution < -0.4 is 19.7 Å². The van der Waals surface area contributed by atoms with E-state index in [4.69, 9.17) is 19.0 Å². The molecule has 0 spiro atoms. The fourth-order valence-electron chi connectivity index (χ4n) is 5.16. The number of aromatic nitrogens is 2. The van der Waals surface area contributed by atoms with Crippen LogP contribution in [0.5, 0.6) is 11.5 Å². The molecule has 1 aliphatic rings. The first-order chi connectivity index (χ1) is 21.1. The van der Waals surface area contributed by atoms with E-state index in [1.165, 1.54) is 11.8 Å². The standard InChI is InChI=1S/C33H30N4O5S/c1-40-24-16-14-23(15-17-24)37-33-30(31(35-37)22-9-4-3-5-10-22)32(26-12-6-7-13-27(26)41-2)43-21-29(39)36(33)20-28(38)34-19-25-11-8-18-42-25/h3-18,32H,19-21H2,1-2H3,(H,34,38)/t32-/m0/s1. The van der Waals surface area contributed by atoms with Crippen LogP contribution in [0, 0.1) is 0 Å². The second kappa shape index (κ2) is 12.5. The minimum atomic E-state index is -0.319. The number of thioether (sulfide) groups is 1. The Morgan fingerprint density at radius 1 is 0.977 bits per heavy atom. The van der Waals surface area contributed by atoms with E-state index in [0.29, 0.717) is 28.8 Å². The van der Waals surface area contributed by atoms with Gasteiger partial charge in [0.1, 0.15) is 29.6 Å². The van der Waals surface area contributed by atoms with Crippen LogP contribution in [0.1, 0.15) is 22.1 Å². The average molecular weight is 595 g/mol. The Bertz CT molecular complexity index is 1720. The number of fused-ring (bicyclic) bond motifs is 1. The van der Waals surface area contributed by atoms with Crippen LogP contribution in [0.15, 0.2) is 102 Å². The molecule has 1 N–H and O–H groups in total. The number of rotatable bonds is 9. The zero-order valence-electron chi connectivity index (χ0n) is 23.7. The molecule has 0 fully saturated rings. The summed E-state index contributed by atoms with van der Waals surface area (Å²) in [6, 6.07) is 28.7. The van der Waals surface area contributed by atoms with E-state index < -0.39 is 0 Å². The van der Waals surface area contributed by atoms with Crippen molar-refractivity contribution in [2.24, 2.45) is 0 Å². The second-order valence-corrected chi connectivity index (χ2v) is 10.9. The van der Waals surface area contributed by atoms with Gasteiger partial charge in [-0.1, -0.05) is 48.5 Å². The van der Waals surface area contributed by atoms with Gasteiger partial charge in [0.25, 0.3) is 0 Å². The molecule has 0 radical (unpaired) electrons. The number of nitrogens with one attached hydrogen (secondary N) is 1. The van der Waals surface area contributed by atoms with Gasteiger partial charge in [0, 0.05) is 16.7 Å². The molecule has 5 aromatic rings. The van der Waals surface area contributed by atoms with Crippen LogP contribution in [0.3, 0.4) is 0 Å². The number of ether oxygens (including phenoxy) is 2. The maximum Gasteiger partial charge on any atom is 0.240 e. The monoisotopic (exact) mass is 594 g/mol. The summed E-state index contributed by atoms with van der Waals surface area (Å²) in [5, 5.41) is 7.69. The first-order valence-corrected chi connectivity index (χ1v) is 14.8. The molecule has 6 rings (SSSR count). The number of hydrogen-bond acceptors (Lipinski definition) is 7. The summed E-state index contributed by atoms with van der Waals surface area (Å²) >= 11 is 1.49. The molecule has 0 unspecified atom stereocenters. The Labute approximate surface area is 253 Å². The Balaban J connectivity index is 1.55. The molecule has 0 saturated carbocycles.